The predicted octanol–water partition coefficient (Wildman–Crippen LogP) is 1.34. The fourth-order valence-corrected chi connectivity index (χ4v) is 2.47. The number of nitrogens with two attached hydrogens (primary N) is 1. The highest BCUT2D eigenvalue weighted by Gasteiger charge is 2.19. The van der Waals surface area contributed by atoms with Crippen LogP contribution in [0.5, 0.6) is 0 Å². The van der Waals surface area contributed by atoms with Crippen molar-refractivity contribution >= 4 is 0 Å². The molecular formula is C16H21FN2O. The van der Waals surface area contributed by atoms with E-state index >= 15 is 0 Å². The van der Waals surface area contributed by atoms with Gasteiger partial charge in [-0.3, -0.25) is 4.90 Å². The molecule has 0 aromatic heterocycles. The summed E-state index contributed by atoms with van der Waals surface area (Å²) >= 11 is 0. The van der Waals surface area contributed by atoms with Crippen molar-refractivity contribution in [3.8, 4) is 11.8 Å². The molecule has 108 valence electrons. The molecule has 0 spiro atoms. The summed E-state index contributed by atoms with van der Waals surface area (Å²) in [6.45, 7) is 2.99. The normalized spacial score (nSPS) is 16.8. The van der Waals surface area contributed by atoms with E-state index in [9.17, 15) is 4.39 Å². The van der Waals surface area contributed by atoms with Crippen LogP contribution in [0.2, 0.25) is 0 Å². The first-order valence-electron chi connectivity index (χ1n) is 7.03. The molecule has 4 heteroatoms. The molecule has 0 amide bonds. The largest absolute Gasteiger partial charge is 0.396 e. The lowest BCUT2D eigenvalue weighted by atomic mass is 9.97. The molecule has 0 atom stereocenters. The lowest BCUT2D eigenvalue weighted by Gasteiger charge is -2.31. The highest BCUT2D eigenvalue weighted by molar-refractivity contribution is 5.37. The monoisotopic (exact) mass is 276 g/mol. The van der Waals surface area contributed by atoms with Gasteiger partial charge in [0.25, 0.3) is 0 Å². The first kappa shape index (κ1) is 15.0. The van der Waals surface area contributed by atoms with Crippen molar-refractivity contribution in [1.82, 2.24) is 4.90 Å². The Labute approximate surface area is 119 Å². The molecule has 0 saturated carbocycles. The van der Waals surface area contributed by atoms with E-state index in [1.165, 1.54) is 6.07 Å². The second kappa shape index (κ2) is 7.39. The van der Waals surface area contributed by atoms with Crippen molar-refractivity contribution in [3.63, 3.8) is 0 Å². The molecular weight excluding hydrogens is 255 g/mol. The zero-order chi connectivity index (χ0) is 14.4. The number of aliphatic hydroxyl groups is 1. The van der Waals surface area contributed by atoms with Gasteiger partial charge < -0.3 is 10.8 Å². The van der Waals surface area contributed by atoms with E-state index in [1.54, 1.807) is 6.07 Å². The van der Waals surface area contributed by atoms with Gasteiger partial charge in [0.15, 0.2) is 0 Å². The summed E-state index contributed by atoms with van der Waals surface area (Å²) in [6, 6.07) is 5.11. The molecule has 1 heterocycles. The molecule has 20 heavy (non-hydrogen) atoms. The molecule has 1 aromatic carbocycles. The number of nitrogens with zero attached hydrogens (tertiary/aromatic N) is 1. The van der Waals surface area contributed by atoms with Gasteiger partial charge in [0.1, 0.15) is 5.82 Å². The van der Waals surface area contributed by atoms with Crippen molar-refractivity contribution in [3.05, 3.63) is 35.1 Å². The zero-order valence-corrected chi connectivity index (χ0v) is 11.6. The minimum absolute atomic E-state index is 0.210. The standard InChI is InChI=1S/C16H21FN2O/c17-16-10-13(2-1-7-18)3-4-15(16)11-19-8-5-14(12-20)6-9-19/h3-4,10,14,20H,5-9,11-12,18H2. The van der Waals surface area contributed by atoms with Gasteiger partial charge in [-0.2, -0.15) is 0 Å². The molecule has 0 unspecified atom stereocenters. The second-order valence-electron chi connectivity index (χ2n) is 5.21. The molecule has 2 rings (SSSR count). The summed E-state index contributed by atoms with van der Waals surface area (Å²) in [7, 11) is 0. The van der Waals surface area contributed by atoms with Crippen LogP contribution in [0.4, 0.5) is 4.39 Å². The Bertz CT molecular complexity index is 499. The lowest BCUT2D eigenvalue weighted by molar-refractivity contribution is 0.126. The first-order chi connectivity index (χ1) is 9.72. The van der Waals surface area contributed by atoms with Crippen LogP contribution in [0.1, 0.15) is 24.0 Å². The van der Waals surface area contributed by atoms with Gasteiger partial charge in [-0.1, -0.05) is 17.9 Å². The van der Waals surface area contributed by atoms with E-state index in [4.69, 9.17) is 10.8 Å². The highest BCUT2D eigenvalue weighted by atomic mass is 19.1. The maximum absolute atomic E-state index is 14.0. The average molecular weight is 276 g/mol. The van der Waals surface area contributed by atoms with E-state index < -0.39 is 0 Å². The molecule has 0 bridgehead atoms. The van der Waals surface area contributed by atoms with Gasteiger partial charge in [0.05, 0.1) is 6.54 Å². The molecule has 1 aliphatic rings. The first-order valence-corrected chi connectivity index (χ1v) is 7.03. The number of hydrogen-bond acceptors (Lipinski definition) is 3. The smallest absolute Gasteiger partial charge is 0.128 e. The summed E-state index contributed by atoms with van der Waals surface area (Å²) in [5.41, 5.74) is 6.66. The van der Waals surface area contributed by atoms with Crippen LogP contribution in [0.15, 0.2) is 18.2 Å². The van der Waals surface area contributed by atoms with E-state index in [-0.39, 0.29) is 19.0 Å². The lowest BCUT2D eigenvalue weighted by Crippen LogP contribution is -2.34. The van der Waals surface area contributed by atoms with Crippen molar-refractivity contribution in [2.45, 2.75) is 19.4 Å². The van der Waals surface area contributed by atoms with Gasteiger partial charge in [0.2, 0.25) is 0 Å². The third kappa shape index (κ3) is 4.04. The number of piperidine rings is 1. The molecule has 1 aliphatic heterocycles. The van der Waals surface area contributed by atoms with Crippen LogP contribution in [0, 0.1) is 23.6 Å². The highest BCUT2D eigenvalue weighted by Crippen LogP contribution is 2.19. The van der Waals surface area contributed by atoms with Crippen LogP contribution in [-0.2, 0) is 6.54 Å². The third-order valence-corrected chi connectivity index (χ3v) is 3.75. The van der Waals surface area contributed by atoms with Crippen LogP contribution >= 0.6 is 0 Å². The Hall–Kier alpha value is -1.41. The Morgan fingerprint density at radius 1 is 1.35 bits per heavy atom. The number of benzene rings is 1. The molecule has 1 aromatic rings. The maximum atomic E-state index is 14.0. The van der Waals surface area contributed by atoms with Crippen molar-refractivity contribution in [1.29, 1.82) is 0 Å². The zero-order valence-electron chi connectivity index (χ0n) is 11.6. The van der Waals surface area contributed by atoms with E-state index in [0.29, 0.717) is 23.6 Å². The number of hydrogen-bond donors (Lipinski definition) is 2. The van der Waals surface area contributed by atoms with E-state index in [0.717, 1.165) is 25.9 Å². The second-order valence-corrected chi connectivity index (χ2v) is 5.21. The molecule has 1 saturated heterocycles. The summed E-state index contributed by atoms with van der Waals surface area (Å²) < 4.78 is 14.0. The number of likely N-dealkylation sites (tertiary alicyclic amines) is 1. The molecule has 0 radical (unpaired) electrons. The minimum Gasteiger partial charge on any atom is -0.396 e. The average Bonchev–Trinajstić information content (AvgIpc) is 2.48. The summed E-state index contributed by atoms with van der Waals surface area (Å²) in [5.74, 6) is 5.75. The van der Waals surface area contributed by atoms with E-state index in [1.807, 2.05) is 6.07 Å². The molecule has 3 nitrogen and oxygen atoms in total. The van der Waals surface area contributed by atoms with Crippen LogP contribution < -0.4 is 5.73 Å². The van der Waals surface area contributed by atoms with Gasteiger partial charge in [0, 0.05) is 24.3 Å². The molecule has 0 aliphatic carbocycles. The van der Waals surface area contributed by atoms with Gasteiger partial charge in [-0.05, 0) is 44.0 Å². The Morgan fingerprint density at radius 3 is 2.70 bits per heavy atom. The van der Waals surface area contributed by atoms with Crippen molar-refractivity contribution in [2.75, 3.05) is 26.2 Å². The minimum atomic E-state index is -0.210. The third-order valence-electron chi connectivity index (χ3n) is 3.75. The Balaban J connectivity index is 1.96. The number of rotatable bonds is 3. The summed E-state index contributed by atoms with van der Waals surface area (Å²) in [6.07, 6.45) is 1.97. The fraction of sp³-hybridized carbons (Fsp3) is 0.500. The quantitative estimate of drug-likeness (QED) is 0.819. The van der Waals surface area contributed by atoms with Crippen molar-refractivity contribution < 1.29 is 9.50 Å². The van der Waals surface area contributed by atoms with Gasteiger partial charge in [-0.15, -0.1) is 0 Å². The molecule has 3 N–H and O–H groups in total. The Morgan fingerprint density at radius 2 is 2.10 bits per heavy atom. The van der Waals surface area contributed by atoms with Crippen LogP contribution in [0.25, 0.3) is 0 Å². The maximum Gasteiger partial charge on any atom is 0.128 e. The predicted molar refractivity (Wildman–Crippen MR) is 77.4 cm³/mol. The topological polar surface area (TPSA) is 49.5 Å². The van der Waals surface area contributed by atoms with Gasteiger partial charge in [-0.25, -0.2) is 4.39 Å². The number of aliphatic hydroxyl groups excluding tert-OH is 1. The Kier molecular flexibility index (Phi) is 5.54. The summed E-state index contributed by atoms with van der Waals surface area (Å²) in [5, 5.41) is 9.11. The summed E-state index contributed by atoms with van der Waals surface area (Å²) in [4.78, 5) is 2.23. The van der Waals surface area contributed by atoms with Crippen molar-refractivity contribution in [2.24, 2.45) is 11.7 Å². The molecule has 1 fully saturated rings. The number of halogens is 1. The fourth-order valence-electron chi connectivity index (χ4n) is 2.47. The van der Waals surface area contributed by atoms with Crippen LogP contribution in [0.3, 0.4) is 0 Å². The van der Waals surface area contributed by atoms with Gasteiger partial charge >= 0.3 is 0 Å². The van der Waals surface area contributed by atoms with Crippen LogP contribution in [-0.4, -0.2) is 36.2 Å². The SMILES string of the molecule is NCC#Cc1ccc(CN2CCC(CO)CC2)c(F)c1. The van der Waals surface area contributed by atoms with E-state index in [2.05, 4.69) is 16.7 Å².